The Morgan fingerprint density at radius 1 is 1.24 bits per heavy atom. The van der Waals surface area contributed by atoms with Crippen LogP contribution in [0.15, 0.2) is 14.7 Å². The minimum absolute atomic E-state index is 0.0443. The second-order valence-corrected chi connectivity index (χ2v) is 6.37. The van der Waals surface area contributed by atoms with Crippen LogP contribution in [0.3, 0.4) is 0 Å². The number of anilines is 1. The smallest absolute Gasteiger partial charge is 0.332 e. The Morgan fingerprint density at radius 2 is 1.96 bits per heavy atom. The summed E-state index contributed by atoms with van der Waals surface area (Å²) >= 11 is 0. The molecule has 0 aromatic carbocycles. The number of aryl methyl sites for hydroxylation is 1. The number of aliphatic hydroxyl groups is 1. The van der Waals surface area contributed by atoms with E-state index >= 15 is 0 Å². The van der Waals surface area contributed by atoms with Crippen LogP contribution in [0.25, 0.3) is 11.2 Å². The van der Waals surface area contributed by atoms with Gasteiger partial charge in [-0.1, -0.05) is 6.92 Å². The van der Waals surface area contributed by atoms with Crippen LogP contribution in [0, 0.1) is 0 Å². The maximum Gasteiger partial charge on any atom is 0.332 e. The number of nitrogens with zero attached hydrogens (tertiary/aromatic N) is 6. The second kappa shape index (κ2) is 6.47. The maximum atomic E-state index is 13.0. The molecular formula is C16H24N6O3. The third-order valence-electron chi connectivity index (χ3n) is 4.63. The lowest BCUT2D eigenvalue weighted by Crippen LogP contribution is -2.40. The van der Waals surface area contributed by atoms with E-state index in [1.165, 1.54) is 9.13 Å². The summed E-state index contributed by atoms with van der Waals surface area (Å²) in [4.78, 5) is 30.0. The molecule has 9 nitrogen and oxygen atoms in total. The molecule has 1 N–H and O–H groups in total. The van der Waals surface area contributed by atoms with Crippen molar-refractivity contribution in [3.05, 3.63) is 20.8 Å². The number of hydrogen-bond acceptors (Lipinski definition) is 6. The Bertz CT molecular complexity index is 951. The van der Waals surface area contributed by atoms with Crippen molar-refractivity contribution in [2.45, 2.75) is 46.2 Å². The number of hydrogen-bond donors (Lipinski definition) is 1. The monoisotopic (exact) mass is 348 g/mol. The minimum Gasteiger partial charge on any atom is -0.396 e. The molecule has 1 aliphatic heterocycles. The van der Waals surface area contributed by atoms with E-state index in [2.05, 4.69) is 10.1 Å². The summed E-state index contributed by atoms with van der Waals surface area (Å²) in [6, 6.07) is -0.134. The molecule has 0 amide bonds. The molecule has 25 heavy (non-hydrogen) atoms. The van der Waals surface area contributed by atoms with E-state index in [1.807, 2.05) is 25.3 Å². The number of rotatable bonds is 5. The maximum absolute atomic E-state index is 13.0. The SMILES string of the molecule is CCCn1c(=O)c2c(nc3n2[C@@H](C)C(C)=NN3CCCO)n(C)c1=O. The molecule has 0 unspecified atom stereocenters. The molecule has 0 spiro atoms. The van der Waals surface area contributed by atoms with Gasteiger partial charge in [-0.3, -0.25) is 18.5 Å². The first kappa shape index (κ1) is 17.4. The molecule has 9 heteroatoms. The highest BCUT2D eigenvalue weighted by atomic mass is 16.3. The van der Waals surface area contributed by atoms with E-state index < -0.39 is 0 Å². The van der Waals surface area contributed by atoms with Crippen molar-refractivity contribution in [2.24, 2.45) is 12.1 Å². The number of imidazole rings is 1. The zero-order valence-electron chi connectivity index (χ0n) is 15.1. The zero-order valence-corrected chi connectivity index (χ0v) is 15.1. The highest BCUT2D eigenvalue weighted by Gasteiger charge is 2.30. The van der Waals surface area contributed by atoms with Crippen LogP contribution in [-0.2, 0) is 13.6 Å². The fourth-order valence-electron chi connectivity index (χ4n) is 3.17. The average molecular weight is 348 g/mol. The van der Waals surface area contributed by atoms with E-state index in [1.54, 1.807) is 12.1 Å². The fraction of sp³-hybridized carbons (Fsp3) is 0.625. The van der Waals surface area contributed by atoms with Gasteiger partial charge >= 0.3 is 5.69 Å². The Kier molecular flexibility index (Phi) is 4.51. The summed E-state index contributed by atoms with van der Waals surface area (Å²) in [5, 5.41) is 15.4. The van der Waals surface area contributed by atoms with Crippen molar-refractivity contribution in [3.63, 3.8) is 0 Å². The van der Waals surface area contributed by atoms with E-state index in [9.17, 15) is 9.59 Å². The first-order valence-electron chi connectivity index (χ1n) is 8.57. The van der Waals surface area contributed by atoms with E-state index in [-0.39, 0.29) is 23.9 Å². The predicted octanol–water partition coefficient (Wildman–Crippen LogP) is 0.446. The lowest BCUT2D eigenvalue weighted by molar-refractivity contribution is 0.289. The summed E-state index contributed by atoms with van der Waals surface area (Å²) < 4.78 is 4.54. The largest absolute Gasteiger partial charge is 0.396 e. The third-order valence-corrected chi connectivity index (χ3v) is 4.63. The van der Waals surface area contributed by atoms with E-state index in [4.69, 9.17) is 5.11 Å². The molecule has 0 fully saturated rings. The van der Waals surface area contributed by atoms with Gasteiger partial charge in [0.1, 0.15) is 0 Å². The number of aromatic nitrogens is 4. The third kappa shape index (κ3) is 2.58. The minimum atomic E-state index is -0.359. The Hall–Kier alpha value is -2.42. The van der Waals surface area contributed by atoms with Gasteiger partial charge in [-0.25, -0.2) is 9.80 Å². The number of fused-ring (bicyclic) bond motifs is 3. The van der Waals surface area contributed by atoms with Crippen molar-refractivity contribution in [3.8, 4) is 0 Å². The van der Waals surface area contributed by atoms with Gasteiger partial charge in [0.15, 0.2) is 11.2 Å². The van der Waals surface area contributed by atoms with Gasteiger partial charge in [-0.05, 0) is 26.7 Å². The Balaban J connectivity index is 2.34. The molecule has 0 saturated carbocycles. The second-order valence-electron chi connectivity index (χ2n) is 6.37. The lowest BCUT2D eigenvalue weighted by Gasteiger charge is -2.29. The summed E-state index contributed by atoms with van der Waals surface area (Å²) in [5.41, 5.74) is 0.953. The van der Waals surface area contributed by atoms with Crippen LogP contribution in [-0.4, -0.2) is 42.7 Å². The Morgan fingerprint density at radius 3 is 2.60 bits per heavy atom. The van der Waals surface area contributed by atoms with Crippen LogP contribution in [0.5, 0.6) is 0 Å². The van der Waals surface area contributed by atoms with Gasteiger partial charge in [0, 0.05) is 26.7 Å². The van der Waals surface area contributed by atoms with Gasteiger partial charge in [0.05, 0.1) is 11.8 Å². The Labute approximate surface area is 144 Å². The van der Waals surface area contributed by atoms with Crippen molar-refractivity contribution >= 4 is 22.8 Å². The summed E-state index contributed by atoms with van der Waals surface area (Å²) in [7, 11) is 1.63. The van der Waals surface area contributed by atoms with E-state index in [0.29, 0.717) is 43.0 Å². The molecule has 0 aliphatic carbocycles. The number of hydrazone groups is 1. The van der Waals surface area contributed by atoms with Crippen molar-refractivity contribution in [2.75, 3.05) is 18.2 Å². The quantitative estimate of drug-likeness (QED) is 0.846. The van der Waals surface area contributed by atoms with Gasteiger partial charge in [0.2, 0.25) is 5.95 Å². The van der Waals surface area contributed by atoms with Crippen molar-refractivity contribution in [1.82, 2.24) is 18.7 Å². The molecule has 0 bridgehead atoms. The van der Waals surface area contributed by atoms with Gasteiger partial charge < -0.3 is 5.11 Å². The van der Waals surface area contributed by atoms with Crippen LogP contribution in [0.1, 0.15) is 39.7 Å². The normalized spacial score (nSPS) is 17.1. The molecule has 136 valence electrons. The van der Waals surface area contributed by atoms with Crippen molar-refractivity contribution < 1.29 is 5.11 Å². The highest BCUT2D eigenvalue weighted by molar-refractivity contribution is 5.90. The molecule has 3 rings (SSSR count). The molecule has 2 aromatic heterocycles. The first-order chi connectivity index (χ1) is 11.9. The summed E-state index contributed by atoms with van der Waals surface area (Å²) in [5.74, 6) is 0.530. The summed E-state index contributed by atoms with van der Waals surface area (Å²) in [6.45, 7) is 6.69. The molecule has 3 heterocycles. The van der Waals surface area contributed by atoms with Crippen LogP contribution in [0.2, 0.25) is 0 Å². The molecule has 0 saturated heterocycles. The first-order valence-corrected chi connectivity index (χ1v) is 8.57. The van der Waals surface area contributed by atoms with Gasteiger partial charge in [-0.2, -0.15) is 10.1 Å². The predicted molar refractivity (Wildman–Crippen MR) is 96.4 cm³/mol. The highest BCUT2D eigenvalue weighted by Crippen LogP contribution is 2.29. The molecule has 1 aliphatic rings. The molecular weight excluding hydrogens is 324 g/mol. The standard InChI is InChI=1S/C16H24N6O3/c1-5-7-20-14(24)12-13(19(4)16(20)25)17-15-21(8-6-9-23)18-10(2)11(3)22(12)15/h11,23H,5-9H2,1-4H3/t11-/m0/s1. The van der Waals surface area contributed by atoms with Crippen LogP contribution < -0.4 is 16.3 Å². The van der Waals surface area contributed by atoms with E-state index in [0.717, 1.165) is 5.71 Å². The fourth-order valence-corrected chi connectivity index (χ4v) is 3.17. The van der Waals surface area contributed by atoms with Gasteiger partial charge in [0.25, 0.3) is 5.56 Å². The lowest BCUT2D eigenvalue weighted by atomic mass is 10.2. The average Bonchev–Trinajstić information content (AvgIpc) is 3.00. The topological polar surface area (TPSA) is 97.7 Å². The van der Waals surface area contributed by atoms with Crippen LogP contribution in [0.4, 0.5) is 5.95 Å². The van der Waals surface area contributed by atoms with Crippen molar-refractivity contribution in [1.29, 1.82) is 0 Å². The summed E-state index contributed by atoms with van der Waals surface area (Å²) in [6.07, 6.45) is 1.23. The molecule has 2 aromatic rings. The van der Waals surface area contributed by atoms with Crippen LogP contribution >= 0.6 is 0 Å². The zero-order chi connectivity index (χ0) is 18.3. The van der Waals surface area contributed by atoms with Gasteiger partial charge in [-0.15, -0.1) is 0 Å². The molecule has 0 radical (unpaired) electrons. The number of aliphatic hydroxyl groups excluding tert-OH is 1. The molecule has 1 atom stereocenters.